The Morgan fingerprint density at radius 3 is 2.95 bits per heavy atom. The molecule has 0 spiro atoms. The molecule has 19 heavy (non-hydrogen) atoms. The minimum Gasteiger partial charge on any atom is -0.378 e. The number of ether oxygens (including phenoxy) is 1. The molecule has 6 nitrogen and oxygen atoms in total. The molecule has 0 bridgehead atoms. The van der Waals surface area contributed by atoms with Crippen molar-refractivity contribution in [2.75, 3.05) is 12.4 Å². The third-order valence-electron chi connectivity index (χ3n) is 2.42. The van der Waals surface area contributed by atoms with Gasteiger partial charge in [0.25, 0.3) is 0 Å². The fourth-order valence-electron chi connectivity index (χ4n) is 1.60. The summed E-state index contributed by atoms with van der Waals surface area (Å²) < 4.78 is 9.91. The summed E-state index contributed by atoms with van der Waals surface area (Å²) in [5, 5.41) is 7.27. The van der Waals surface area contributed by atoms with Gasteiger partial charge in [-0.15, -0.1) is 11.3 Å². The molecular weight excluding hydrogens is 266 g/mol. The average Bonchev–Trinajstić information content (AvgIpc) is 2.87. The van der Waals surface area contributed by atoms with E-state index in [9.17, 15) is 4.79 Å². The summed E-state index contributed by atoms with van der Waals surface area (Å²) in [6, 6.07) is 1.67. The van der Waals surface area contributed by atoms with E-state index in [-0.39, 0.29) is 12.3 Å². The van der Waals surface area contributed by atoms with E-state index in [4.69, 9.17) is 9.26 Å². The van der Waals surface area contributed by atoms with E-state index in [1.807, 2.05) is 6.92 Å². The van der Waals surface area contributed by atoms with Crippen LogP contribution in [-0.2, 0) is 22.6 Å². The summed E-state index contributed by atoms with van der Waals surface area (Å²) in [5.74, 6) is 0.956. The lowest BCUT2D eigenvalue weighted by atomic mass is 10.3. The average molecular weight is 281 g/mol. The quantitative estimate of drug-likeness (QED) is 0.907. The summed E-state index contributed by atoms with van der Waals surface area (Å²) >= 11 is 1.49. The van der Waals surface area contributed by atoms with Crippen molar-refractivity contribution in [1.82, 2.24) is 10.1 Å². The van der Waals surface area contributed by atoms with Gasteiger partial charge in [-0.3, -0.25) is 4.79 Å². The van der Waals surface area contributed by atoms with Gasteiger partial charge in [-0.1, -0.05) is 5.16 Å². The van der Waals surface area contributed by atoms with Gasteiger partial charge in [-0.05, 0) is 13.8 Å². The summed E-state index contributed by atoms with van der Waals surface area (Å²) in [6.07, 6.45) is 0.277. The number of amides is 1. The number of nitrogens with zero attached hydrogens (tertiary/aromatic N) is 2. The predicted molar refractivity (Wildman–Crippen MR) is 71.1 cm³/mol. The van der Waals surface area contributed by atoms with Crippen LogP contribution in [0.25, 0.3) is 0 Å². The van der Waals surface area contributed by atoms with Crippen LogP contribution in [0.4, 0.5) is 5.82 Å². The van der Waals surface area contributed by atoms with Crippen molar-refractivity contribution in [3.05, 3.63) is 27.4 Å². The lowest BCUT2D eigenvalue weighted by molar-refractivity contribution is -0.115. The van der Waals surface area contributed by atoms with Gasteiger partial charge in [-0.2, -0.15) is 0 Å². The number of carbonyl (C=O) groups excluding carboxylic acids is 1. The molecule has 0 aliphatic rings. The van der Waals surface area contributed by atoms with Crippen LogP contribution in [-0.4, -0.2) is 23.2 Å². The Bertz CT molecular complexity index is 577. The minimum absolute atomic E-state index is 0.135. The Kier molecular flexibility index (Phi) is 4.28. The SMILES string of the molecule is COCc1nc(C)c(CC(=O)Nc2cc(C)on2)s1. The highest BCUT2D eigenvalue weighted by Gasteiger charge is 2.13. The lowest BCUT2D eigenvalue weighted by Crippen LogP contribution is -2.14. The number of hydrogen-bond acceptors (Lipinski definition) is 6. The first kappa shape index (κ1) is 13.7. The van der Waals surface area contributed by atoms with Crippen molar-refractivity contribution >= 4 is 23.1 Å². The Balaban J connectivity index is 1.98. The maximum absolute atomic E-state index is 11.9. The summed E-state index contributed by atoms with van der Waals surface area (Å²) in [4.78, 5) is 17.1. The highest BCUT2D eigenvalue weighted by Crippen LogP contribution is 2.20. The van der Waals surface area contributed by atoms with E-state index >= 15 is 0 Å². The van der Waals surface area contributed by atoms with Crippen LogP contribution >= 0.6 is 11.3 Å². The first-order valence-electron chi connectivity index (χ1n) is 5.75. The van der Waals surface area contributed by atoms with Crippen LogP contribution < -0.4 is 5.32 Å². The molecule has 0 atom stereocenters. The van der Waals surface area contributed by atoms with Crippen LogP contribution in [0.2, 0.25) is 0 Å². The van der Waals surface area contributed by atoms with Gasteiger partial charge < -0.3 is 14.6 Å². The number of rotatable bonds is 5. The Labute approximate surface area is 114 Å². The van der Waals surface area contributed by atoms with Gasteiger partial charge in [0.15, 0.2) is 5.82 Å². The number of aromatic nitrogens is 2. The van der Waals surface area contributed by atoms with E-state index in [1.165, 1.54) is 11.3 Å². The van der Waals surface area contributed by atoms with Crippen molar-refractivity contribution in [2.45, 2.75) is 26.9 Å². The Morgan fingerprint density at radius 2 is 2.32 bits per heavy atom. The molecule has 1 amide bonds. The van der Waals surface area contributed by atoms with E-state index in [0.717, 1.165) is 15.6 Å². The summed E-state index contributed by atoms with van der Waals surface area (Å²) in [7, 11) is 1.62. The molecule has 2 aromatic rings. The monoisotopic (exact) mass is 281 g/mol. The number of aryl methyl sites for hydroxylation is 2. The topological polar surface area (TPSA) is 77.2 Å². The van der Waals surface area contributed by atoms with Crippen LogP contribution in [0, 0.1) is 13.8 Å². The fourth-order valence-corrected chi connectivity index (χ4v) is 2.64. The number of anilines is 1. The molecule has 0 unspecified atom stereocenters. The zero-order valence-electron chi connectivity index (χ0n) is 11.0. The molecule has 102 valence electrons. The van der Waals surface area contributed by atoms with E-state index in [1.54, 1.807) is 20.1 Å². The second-order valence-corrected chi connectivity index (χ2v) is 5.27. The zero-order valence-corrected chi connectivity index (χ0v) is 11.8. The van der Waals surface area contributed by atoms with Crippen LogP contribution in [0.15, 0.2) is 10.6 Å². The molecular formula is C12H15N3O3S. The van der Waals surface area contributed by atoms with E-state index in [0.29, 0.717) is 18.2 Å². The molecule has 1 N–H and O–H groups in total. The largest absolute Gasteiger partial charge is 0.378 e. The Hall–Kier alpha value is -1.73. The van der Waals surface area contributed by atoms with Gasteiger partial charge in [0, 0.05) is 18.1 Å². The van der Waals surface area contributed by atoms with E-state index < -0.39 is 0 Å². The second-order valence-electron chi connectivity index (χ2n) is 4.10. The molecule has 0 fully saturated rings. The summed E-state index contributed by atoms with van der Waals surface area (Å²) in [5.41, 5.74) is 0.864. The van der Waals surface area contributed by atoms with Crippen molar-refractivity contribution in [3.63, 3.8) is 0 Å². The molecule has 0 saturated heterocycles. The number of carbonyl (C=O) groups is 1. The van der Waals surface area contributed by atoms with Crippen LogP contribution in [0.3, 0.4) is 0 Å². The molecule has 0 saturated carbocycles. The molecule has 0 aliphatic heterocycles. The third-order valence-corrected chi connectivity index (χ3v) is 3.55. The number of nitrogens with one attached hydrogen (secondary N) is 1. The smallest absolute Gasteiger partial charge is 0.230 e. The standard InChI is InChI=1S/C12H15N3O3S/c1-7-4-10(15-18-7)14-11(16)5-9-8(2)13-12(19-9)6-17-3/h4H,5-6H2,1-3H3,(H,14,15,16). The van der Waals surface area contributed by atoms with Crippen molar-refractivity contribution in [1.29, 1.82) is 0 Å². The van der Waals surface area contributed by atoms with Crippen molar-refractivity contribution in [3.8, 4) is 0 Å². The van der Waals surface area contributed by atoms with Gasteiger partial charge in [0.05, 0.1) is 18.7 Å². The van der Waals surface area contributed by atoms with Gasteiger partial charge in [0.2, 0.25) is 5.91 Å². The number of methoxy groups -OCH3 is 1. The van der Waals surface area contributed by atoms with Crippen molar-refractivity contribution < 1.29 is 14.1 Å². The highest BCUT2D eigenvalue weighted by molar-refractivity contribution is 7.11. The van der Waals surface area contributed by atoms with E-state index in [2.05, 4.69) is 15.5 Å². The van der Waals surface area contributed by atoms with Crippen LogP contribution in [0.5, 0.6) is 0 Å². The fraction of sp³-hybridized carbons (Fsp3) is 0.417. The molecule has 0 radical (unpaired) electrons. The lowest BCUT2D eigenvalue weighted by Gasteiger charge is -1.99. The van der Waals surface area contributed by atoms with Gasteiger partial charge >= 0.3 is 0 Å². The summed E-state index contributed by atoms with van der Waals surface area (Å²) in [6.45, 7) is 4.13. The van der Waals surface area contributed by atoms with Crippen LogP contribution in [0.1, 0.15) is 21.3 Å². The molecule has 2 rings (SSSR count). The van der Waals surface area contributed by atoms with Gasteiger partial charge in [-0.25, -0.2) is 4.98 Å². The minimum atomic E-state index is -0.135. The first-order valence-corrected chi connectivity index (χ1v) is 6.57. The first-order chi connectivity index (χ1) is 9.08. The van der Waals surface area contributed by atoms with Gasteiger partial charge in [0.1, 0.15) is 10.8 Å². The predicted octanol–water partition coefficient (Wildman–Crippen LogP) is 2.08. The number of thiazole rings is 1. The molecule has 0 aliphatic carbocycles. The van der Waals surface area contributed by atoms with Crippen molar-refractivity contribution in [2.24, 2.45) is 0 Å². The number of hydrogen-bond donors (Lipinski definition) is 1. The normalized spacial score (nSPS) is 10.7. The highest BCUT2D eigenvalue weighted by atomic mass is 32.1. The third kappa shape index (κ3) is 3.62. The second kappa shape index (κ2) is 5.94. The maximum Gasteiger partial charge on any atom is 0.230 e. The molecule has 2 heterocycles. The molecule has 0 aromatic carbocycles. The Morgan fingerprint density at radius 1 is 1.53 bits per heavy atom. The zero-order chi connectivity index (χ0) is 13.8. The maximum atomic E-state index is 11.9. The molecule has 7 heteroatoms. The molecule has 2 aromatic heterocycles.